The zero-order valence-electron chi connectivity index (χ0n) is 22.5. The van der Waals surface area contributed by atoms with Crippen LogP contribution in [0, 0.1) is 11.8 Å². The number of esters is 1. The summed E-state index contributed by atoms with van der Waals surface area (Å²) in [5, 5.41) is 17.1. The number of aliphatic hydroxyl groups is 1. The maximum absolute atomic E-state index is 12.9. The van der Waals surface area contributed by atoms with Gasteiger partial charge in [0.1, 0.15) is 19.3 Å². The Morgan fingerprint density at radius 2 is 1.61 bits per heavy atom. The van der Waals surface area contributed by atoms with Crippen LogP contribution < -0.4 is 16.0 Å². The monoisotopic (exact) mass is 531 g/mol. The number of allylic oxidation sites excluding steroid dienone is 1. The number of hydrogen-bond acceptors (Lipinski definition) is 7. The van der Waals surface area contributed by atoms with Crippen molar-refractivity contribution in [1.82, 2.24) is 16.0 Å². The van der Waals surface area contributed by atoms with Gasteiger partial charge in [0, 0.05) is 12.5 Å². The fourth-order valence-corrected chi connectivity index (χ4v) is 3.35. The first kappa shape index (κ1) is 32.4. The molecule has 0 spiro atoms. The highest BCUT2D eigenvalue weighted by Gasteiger charge is 2.27. The second-order valence-electron chi connectivity index (χ2n) is 9.35. The number of benzene rings is 1. The van der Waals surface area contributed by atoms with Crippen molar-refractivity contribution in [2.75, 3.05) is 13.2 Å². The lowest BCUT2D eigenvalue weighted by molar-refractivity contribution is -0.148. The molecule has 210 valence electrons. The van der Waals surface area contributed by atoms with Crippen LogP contribution in [0.2, 0.25) is 0 Å². The normalized spacial score (nSPS) is 13.8. The molecule has 10 heteroatoms. The summed E-state index contributed by atoms with van der Waals surface area (Å²) in [5.74, 6) is -2.21. The van der Waals surface area contributed by atoms with Crippen LogP contribution in [0.4, 0.5) is 4.79 Å². The SMILES string of the molecule is C=CCC(CC(=O)NC(C)CO)C(=O)NC(COC(=O)C(CC=C)NC(=O)OCc1ccccc1)C(C)C. The van der Waals surface area contributed by atoms with Crippen molar-refractivity contribution in [3.8, 4) is 0 Å². The third kappa shape index (κ3) is 12.5. The predicted molar refractivity (Wildman–Crippen MR) is 144 cm³/mol. The van der Waals surface area contributed by atoms with E-state index in [0.29, 0.717) is 0 Å². The molecule has 0 saturated heterocycles. The lowest BCUT2D eigenvalue weighted by Gasteiger charge is -2.26. The van der Waals surface area contributed by atoms with Crippen LogP contribution in [0.3, 0.4) is 0 Å². The Bertz CT molecular complexity index is 920. The minimum Gasteiger partial charge on any atom is -0.462 e. The van der Waals surface area contributed by atoms with E-state index in [9.17, 15) is 19.2 Å². The number of aliphatic hydroxyl groups excluding tert-OH is 1. The number of hydrogen-bond donors (Lipinski definition) is 4. The van der Waals surface area contributed by atoms with Gasteiger partial charge in [-0.05, 0) is 31.2 Å². The van der Waals surface area contributed by atoms with E-state index in [1.54, 1.807) is 13.0 Å². The largest absolute Gasteiger partial charge is 0.462 e. The number of nitrogens with one attached hydrogen (secondary N) is 3. The minimum absolute atomic E-state index is 0.0484. The Morgan fingerprint density at radius 1 is 0.947 bits per heavy atom. The molecular formula is C28H41N3O7. The summed E-state index contributed by atoms with van der Waals surface area (Å²) in [7, 11) is 0. The van der Waals surface area contributed by atoms with Crippen molar-refractivity contribution in [3.63, 3.8) is 0 Å². The molecular weight excluding hydrogens is 490 g/mol. The highest BCUT2D eigenvalue weighted by atomic mass is 16.6. The van der Waals surface area contributed by atoms with Crippen molar-refractivity contribution in [3.05, 3.63) is 61.2 Å². The Kier molecular flexibility index (Phi) is 15.1. The third-order valence-corrected chi connectivity index (χ3v) is 5.66. The van der Waals surface area contributed by atoms with E-state index in [2.05, 4.69) is 29.1 Å². The van der Waals surface area contributed by atoms with Crippen molar-refractivity contribution >= 4 is 23.9 Å². The van der Waals surface area contributed by atoms with Crippen molar-refractivity contribution in [2.24, 2.45) is 11.8 Å². The van der Waals surface area contributed by atoms with E-state index in [-0.39, 0.29) is 56.8 Å². The summed E-state index contributed by atoms with van der Waals surface area (Å²) in [6.07, 6.45) is 2.58. The van der Waals surface area contributed by atoms with E-state index in [4.69, 9.17) is 14.6 Å². The molecule has 0 aliphatic heterocycles. The Morgan fingerprint density at radius 3 is 2.18 bits per heavy atom. The van der Waals surface area contributed by atoms with Gasteiger partial charge in [-0.2, -0.15) is 0 Å². The fourth-order valence-electron chi connectivity index (χ4n) is 3.35. The Balaban J connectivity index is 2.70. The fraction of sp³-hybridized carbons (Fsp3) is 0.500. The first-order chi connectivity index (χ1) is 18.1. The van der Waals surface area contributed by atoms with E-state index in [1.807, 2.05) is 44.2 Å². The molecule has 1 aromatic carbocycles. The molecule has 4 unspecified atom stereocenters. The summed E-state index contributed by atoms with van der Waals surface area (Å²) in [6, 6.07) is 7.15. The number of amides is 3. The molecule has 10 nitrogen and oxygen atoms in total. The first-order valence-electron chi connectivity index (χ1n) is 12.7. The molecule has 4 atom stereocenters. The highest BCUT2D eigenvalue weighted by Crippen LogP contribution is 2.13. The predicted octanol–water partition coefficient (Wildman–Crippen LogP) is 2.62. The molecule has 0 saturated carbocycles. The zero-order valence-corrected chi connectivity index (χ0v) is 22.5. The van der Waals surface area contributed by atoms with Crippen LogP contribution in [-0.4, -0.2) is 60.3 Å². The average molecular weight is 532 g/mol. The van der Waals surface area contributed by atoms with Gasteiger partial charge in [-0.3, -0.25) is 9.59 Å². The van der Waals surface area contributed by atoms with Crippen molar-refractivity contribution in [1.29, 1.82) is 0 Å². The van der Waals surface area contributed by atoms with E-state index < -0.39 is 36.1 Å². The molecule has 1 aromatic rings. The van der Waals surface area contributed by atoms with Crippen LogP contribution in [0.1, 0.15) is 45.6 Å². The van der Waals surface area contributed by atoms with Gasteiger partial charge < -0.3 is 30.5 Å². The van der Waals surface area contributed by atoms with Crippen LogP contribution in [0.15, 0.2) is 55.6 Å². The number of rotatable bonds is 17. The summed E-state index contributed by atoms with van der Waals surface area (Å²) in [5.41, 5.74) is 0.802. The number of carbonyl (C=O) groups is 4. The van der Waals surface area contributed by atoms with Gasteiger partial charge in [0.15, 0.2) is 0 Å². The quantitative estimate of drug-likeness (QED) is 0.179. The van der Waals surface area contributed by atoms with E-state index in [0.717, 1.165) is 5.56 Å². The summed E-state index contributed by atoms with van der Waals surface area (Å²) < 4.78 is 10.6. The zero-order chi connectivity index (χ0) is 28.5. The van der Waals surface area contributed by atoms with Crippen molar-refractivity contribution < 1.29 is 33.8 Å². The van der Waals surface area contributed by atoms with E-state index >= 15 is 0 Å². The van der Waals surface area contributed by atoms with Crippen molar-refractivity contribution in [2.45, 2.75) is 64.8 Å². The molecule has 3 amide bonds. The highest BCUT2D eigenvalue weighted by molar-refractivity contribution is 5.86. The van der Waals surface area contributed by atoms with E-state index in [1.165, 1.54) is 6.08 Å². The average Bonchev–Trinajstić information content (AvgIpc) is 2.89. The second kappa shape index (κ2) is 17.7. The number of alkyl carbamates (subject to hydrolysis) is 1. The molecule has 0 bridgehead atoms. The van der Waals surface area contributed by atoms with Gasteiger partial charge >= 0.3 is 12.1 Å². The summed E-state index contributed by atoms with van der Waals surface area (Å²) in [4.78, 5) is 50.1. The van der Waals surface area contributed by atoms with Gasteiger partial charge in [0.05, 0.1) is 18.6 Å². The topological polar surface area (TPSA) is 143 Å². The van der Waals surface area contributed by atoms with Gasteiger partial charge in [-0.1, -0.05) is 56.3 Å². The first-order valence-corrected chi connectivity index (χ1v) is 12.7. The van der Waals surface area contributed by atoms with Crippen LogP contribution in [0.5, 0.6) is 0 Å². The molecule has 0 fully saturated rings. The number of carbonyl (C=O) groups excluding carboxylic acids is 4. The second-order valence-corrected chi connectivity index (χ2v) is 9.35. The molecule has 1 rings (SSSR count). The maximum Gasteiger partial charge on any atom is 0.408 e. The van der Waals surface area contributed by atoms with Gasteiger partial charge in [0.25, 0.3) is 0 Å². The molecule has 4 N–H and O–H groups in total. The molecule has 38 heavy (non-hydrogen) atoms. The number of ether oxygens (including phenoxy) is 2. The Hall–Kier alpha value is -3.66. The molecule has 0 aliphatic rings. The van der Waals surface area contributed by atoms with Gasteiger partial charge in [0.2, 0.25) is 11.8 Å². The standard InChI is InChI=1S/C28H41N3O7/c1-6-11-22(15-25(33)29-20(5)16-32)26(34)30-24(19(3)4)18-37-27(35)23(12-7-2)31-28(36)38-17-21-13-9-8-10-14-21/h6-10,13-14,19-20,22-24,32H,1-2,11-12,15-18H2,3-5H3,(H,29,33)(H,30,34)(H,31,36). The summed E-state index contributed by atoms with van der Waals surface area (Å²) >= 11 is 0. The smallest absolute Gasteiger partial charge is 0.408 e. The molecule has 0 radical (unpaired) electrons. The lowest BCUT2D eigenvalue weighted by atomic mass is 9.97. The molecule has 0 heterocycles. The lowest BCUT2D eigenvalue weighted by Crippen LogP contribution is -2.48. The van der Waals surface area contributed by atoms with Gasteiger partial charge in [-0.15, -0.1) is 13.2 Å². The third-order valence-electron chi connectivity index (χ3n) is 5.66. The molecule has 0 aliphatic carbocycles. The Labute approximate surface area is 224 Å². The summed E-state index contributed by atoms with van der Waals surface area (Å²) in [6.45, 7) is 12.4. The van der Waals surface area contributed by atoms with Crippen LogP contribution >= 0.6 is 0 Å². The van der Waals surface area contributed by atoms with Crippen LogP contribution in [-0.2, 0) is 30.5 Å². The van der Waals surface area contributed by atoms with Crippen LogP contribution in [0.25, 0.3) is 0 Å². The minimum atomic E-state index is -1.01. The maximum atomic E-state index is 12.9. The molecule has 0 aromatic heterocycles. The van der Waals surface area contributed by atoms with Gasteiger partial charge in [-0.25, -0.2) is 9.59 Å².